The number of hydrogen-bond donors (Lipinski definition) is 2. The van der Waals surface area contributed by atoms with Crippen molar-refractivity contribution in [3.8, 4) is 0 Å². The monoisotopic (exact) mass is 538 g/mol. The van der Waals surface area contributed by atoms with Gasteiger partial charge >= 0.3 is 5.97 Å². The third kappa shape index (κ3) is 8.30. The standard InChI is InChI=1S/C19H30N2O2.C9H8O2.2ClH/c1-16-13-19(22,17-7-5-4-6-8-17)18(2,14-20(16)3)15-21-9-11-23-12-10-21;10-9(11)7-6-8-4-2-1-3-5-8;;/h4-8,16,22H,9-15H2,1-3H3;1-7H,(H,10,11);2*1H/b;7-6+;;. The molecular weight excluding hydrogens is 499 g/mol. The maximum atomic E-state index is 11.8. The molecule has 0 aromatic heterocycles. The van der Waals surface area contributed by atoms with Gasteiger partial charge in [0, 0.05) is 43.7 Å². The number of carboxylic acid groups (broad SMARTS) is 1. The molecule has 0 saturated carbocycles. The van der Waals surface area contributed by atoms with E-state index in [-0.39, 0.29) is 30.2 Å². The number of aliphatic hydroxyl groups is 1. The van der Waals surface area contributed by atoms with Gasteiger partial charge in [0.05, 0.1) is 18.8 Å². The van der Waals surface area contributed by atoms with Crippen molar-refractivity contribution in [3.05, 3.63) is 77.9 Å². The summed E-state index contributed by atoms with van der Waals surface area (Å²) in [7, 11) is 2.17. The van der Waals surface area contributed by atoms with Crippen LogP contribution in [0.4, 0.5) is 0 Å². The predicted molar refractivity (Wildman–Crippen MR) is 150 cm³/mol. The number of hydrogen-bond acceptors (Lipinski definition) is 5. The minimum atomic E-state index is -0.922. The van der Waals surface area contributed by atoms with Gasteiger partial charge in [-0.3, -0.25) is 4.90 Å². The Bertz CT molecular complexity index is 941. The minimum absolute atomic E-state index is 0. The first kappa shape index (κ1) is 32.1. The number of halogens is 2. The van der Waals surface area contributed by atoms with Gasteiger partial charge in [-0.05, 0) is 37.6 Å². The summed E-state index contributed by atoms with van der Waals surface area (Å²) in [5.41, 5.74) is 0.955. The molecule has 0 amide bonds. The van der Waals surface area contributed by atoms with E-state index in [2.05, 4.69) is 42.8 Å². The fourth-order valence-corrected chi connectivity index (χ4v) is 5.01. The second-order valence-electron chi connectivity index (χ2n) is 9.73. The third-order valence-corrected chi connectivity index (χ3v) is 7.09. The lowest BCUT2D eigenvalue weighted by Gasteiger charge is -2.55. The van der Waals surface area contributed by atoms with Gasteiger partial charge in [-0.1, -0.05) is 67.6 Å². The second kappa shape index (κ2) is 14.7. The highest BCUT2D eigenvalue weighted by Crippen LogP contribution is 2.48. The average Bonchev–Trinajstić information content (AvgIpc) is 2.84. The highest BCUT2D eigenvalue weighted by molar-refractivity contribution is 5.86. The SMILES string of the molecule is CC1CC(O)(c2ccccc2)C(C)(CN2CCOCC2)CN1C.Cl.Cl.O=C(O)/C=C/c1ccccc1. The smallest absolute Gasteiger partial charge is 0.328 e. The van der Waals surface area contributed by atoms with E-state index >= 15 is 0 Å². The van der Waals surface area contributed by atoms with Crippen LogP contribution in [0.15, 0.2) is 66.7 Å². The second-order valence-corrected chi connectivity index (χ2v) is 9.73. The molecule has 0 spiro atoms. The zero-order valence-electron chi connectivity index (χ0n) is 21.4. The van der Waals surface area contributed by atoms with E-state index in [0.29, 0.717) is 6.04 Å². The average molecular weight is 540 g/mol. The number of nitrogens with zero attached hydrogens (tertiary/aromatic N) is 2. The Kier molecular flexibility index (Phi) is 13.1. The van der Waals surface area contributed by atoms with E-state index < -0.39 is 11.6 Å². The van der Waals surface area contributed by atoms with Crippen LogP contribution in [-0.2, 0) is 15.1 Å². The van der Waals surface area contributed by atoms with Crippen LogP contribution in [0.3, 0.4) is 0 Å². The van der Waals surface area contributed by atoms with Crippen LogP contribution in [0.5, 0.6) is 0 Å². The number of carbonyl (C=O) groups is 1. The van der Waals surface area contributed by atoms with E-state index in [9.17, 15) is 9.90 Å². The Morgan fingerprint density at radius 1 is 1.06 bits per heavy atom. The Morgan fingerprint density at radius 3 is 2.17 bits per heavy atom. The lowest BCUT2D eigenvalue weighted by molar-refractivity contribution is -0.158. The highest BCUT2D eigenvalue weighted by Gasteiger charge is 2.53. The van der Waals surface area contributed by atoms with E-state index in [0.717, 1.165) is 63.0 Å². The molecule has 2 saturated heterocycles. The van der Waals surface area contributed by atoms with E-state index in [4.69, 9.17) is 9.84 Å². The normalized spacial score (nSPS) is 26.7. The minimum Gasteiger partial charge on any atom is -0.478 e. The van der Waals surface area contributed by atoms with Gasteiger partial charge in [-0.2, -0.15) is 0 Å². The number of carboxylic acids is 1. The van der Waals surface area contributed by atoms with Crippen LogP contribution < -0.4 is 0 Å². The summed E-state index contributed by atoms with van der Waals surface area (Å²) >= 11 is 0. The largest absolute Gasteiger partial charge is 0.478 e. The number of rotatable bonds is 5. The number of aliphatic carboxylic acids is 1. The number of likely N-dealkylation sites (tertiary alicyclic amines) is 1. The molecule has 3 atom stereocenters. The molecule has 2 N–H and O–H groups in total. The molecule has 2 heterocycles. The topological polar surface area (TPSA) is 73.2 Å². The van der Waals surface area contributed by atoms with Crippen LogP contribution in [0.1, 0.15) is 31.4 Å². The van der Waals surface area contributed by atoms with E-state index in [1.54, 1.807) is 6.08 Å². The fraction of sp³-hybridized carbons (Fsp3) is 0.464. The molecule has 8 heteroatoms. The summed E-state index contributed by atoms with van der Waals surface area (Å²) in [6, 6.07) is 19.9. The summed E-state index contributed by atoms with van der Waals surface area (Å²) in [4.78, 5) is 14.9. The van der Waals surface area contributed by atoms with Crippen molar-refractivity contribution in [1.82, 2.24) is 9.80 Å². The van der Waals surface area contributed by atoms with Crippen LogP contribution in [-0.4, -0.2) is 78.5 Å². The molecule has 3 unspecified atom stereocenters. The van der Waals surface area contributed by atoms with Crippen molar-refractivity contribution >= 4 is 36.9 Å². The van der Waals surface area contributed by atoms with Crippen molar-refractivity contribution in [3.63, 3.8) is 0 Å². The van der Waals surface area contributed by atoms with Crippen molar-refractivity contribution in [1.29, 1.82) is 0 Å². The highest BCUT2D eigenvalue weighted by atomic mass is 35.5. The van der Waals surface area contributed by atoms with Gasteiger partial charge in [-0.25, -0.2) is 4.79 Å². The quantitative estimate of drug-likeness (QED) is 0.543. The molecule has 2 fully saturated rings. The molecule has 200 valence electrons. The maximum absolute atomic E-state index is 11.8. The van der Waals surface area contributed by atoms with Gasteiger partial charge in [0.15, 0.2) is 0 Å². The number of piperidine rings is 1. The summed E-state index contributed by atoms with van der Waals surface area (Å²) in [6.45, 7) is 9.77. The molecule has 6 nitrogen and oxygen atoms in total. The van der Waals surface area contributed by atoms with Crippen molar-refractivity contribution in [2.24, 2.45) is 5.41 Å². The summed E-state index contributed by atoms with van der Waals surface area (Å²) < 4.78 is 5.48. The number of morpholine rings is 1. The first-order chi connectivity index (χ1) is 16.2. The van der Waals surface area contributed by atoms with E-state index in [1.165, 1.54) is 0 Å². The molecule has 0 aliphatic carbocycles. The van der Waals surface area contributed by atoms with Gasteiger partial charge < -0.3 is 19.8 Å². The first-order valence-corrected chi connectivity index (χ1v) is 12.0. The molecule has 2 aromatic carbocycles. The molecule has 2 aliphatic heterocycles. The molecular formula is C28H40Cl2N2O4. The Balaban J connectivity index is 0.000000425. The lowest BCUT2D eigenvalue weighted by Crippen LogP contribution is -2.63. The molecule has 4 rings (SSSR count). The third-order valence-electron chi connectivity index (χ3n) is 7.09. The van der Waals surface area contributed by atoms with Crippen LogP contribution in [0, 0.1) is 5.41 Å². The van der Waals surface area contributed by atoms with Gasteiger partial charge in [-0.15, -0.1) is 24.8 Å². The summed E-state index contributed by atoms with van der Waals surface area (Å²) in [6.07, 6.45) is 3.45. The first-order valence-electron chi connectivity index (χ1n) is 12.0. The molecule has 2 aliphatic rings. The van der Waals surface area contributed by atoms with Gasteiger partial charge in [0.1, 0.15) is 0 Å². The van der Waals surface area contributed by atoms with Crippen LogP contribution >= 0.6 is 24.8 Å². The number of benzene rings is 2. The maximum Gasteiger partial charge on any atom is 0.328 e. The Morgan fingerprint density at radius 2 is 1.61 bits per heavy atom. The van der Waals surface area contributed by atoms with Crippen molar-refractivity contribution in [2.75, 3.05) is 46.4 Å². The summed E-state index contributed by atoms with van der Waals surface area (Å²) in [5, 5.41) is 20.1. The van der Waals surface area contributed by atoms with Crippen LogP contribution in [0.2, 0.25) is 0 Å². The lowest BCUT2D eigenvalue weighted by atomic mass is 9.63. The Labute approximate surface area is 227 Å². The van der Waals surface area contributed by atoms with Crippen LogP contribution in [0.25, 0.3) is 6.08 Å². The zero-order valence-corrected chi connectivity index (χ0v) is 23.0. The van der Waals surface area contributed by atoms with Gasteiger partial charge in [0.25, 0.3) is 0 Å². The predicted octanol–water partition coefficient (Wildman–Crippen LogP) is 4.56. The summed E-state index contributed by atoms with van der Waals surface area (Å²) in [5.74, 6) is -0.922. The molecule has 2 aromatic rings. The van der Waals surface area contributed by atoms with E-state index in [1.807, 2.05) is 48.5 Å². The molecule has 0 radical (unpaired) electrons. The van der Waals surface area contributed by atoms with Crippen molar-refractivity contribution in [2.45, 2.75) is 31.9 Å². The van der Waals surface area contributed by atoms with Gasteiger partial charge in [0.2, 0.25) is 0 Å². The van der Waals surface area contributed by atoms with Crippen molar-refractivity contribution < 1.29 is 19.7 Å². The number of ether oxygens (including phenoxy) is 1. The fourth-order valence-electron chi connectivity index (χ4n) is 5.01. The molecule has 36 heavy (non-hydrogen) atoms. The molecule has 0 bridgehead atoms. The zero-order chi connectivity index (χ0) is 24.6. The Hall–Kier alpha value is -1.93.